The van der Waals surface area contributed by atoms with Crippen molar-refractivity contribution in [3.8, 4) is 11.5 Å². The van der Waals surface area contributed by atoms with E-state index in [1.807, 2.05) is 67.1 Å². The van der Waals surface area contributed by atoms with Gasteiger partial charge in [0.15, 0.2) is 0 Å². The summed E-state index contributed by atoms with van der Waals surface area (Å²) in [6.07, 6.45) is 1.80. The van der Waals surface area contributed by atoms with Crippen molar-refractivity contribution in [2.45, 2.75) is 33.5 Å². The smallest absolute Gasteiger partial charge is 0.251 e. The number of aromatic nitrogens is 2. The normalized spacial score (nSPS) is 10.5. The van der Waals surface area contributed by atoms with Crippen LogP contribution >= 0.6 is 0 Å². The zero-order chi connectivity index (χ0) is 19.9. The molecule has 0 saturated heterocycles. The van der Waals surface area contributed by atoms with Crippen LogP contribution in [-0.4, -0.2) is 22.8 Å². The highest BCUT2D eigenvalue weighted by Gasteiger charge is 2.09. The van der Waals surface area contributed by atoms with Gasteiger partial charge >= 0.3 is 0 Å². The van der Waals surface area contributed by atoms with Gasteiger partial charge in [0, 0.05) is 29.9 Å². The molecule has 1 aromatic heterocycles. The number of rotatable bonds is 8. The topological polar surface area (TPSA) is 65.4 Å². The first kappa shape index (κ1) is 19.5. The standard InChI is InChI=1S/C22H25N3O3/c1-4-25-16(2)19(14-24-25)13-23-22(26)18-7-5-17(6-8-18)15-28-21-11-9-20(27-3)10-12-21/h5-12,14H,4,13,15H2,1-3H3,(H,23,26). The van der Waals surface area contributed by atoms with Gasteiger partial charge in [-0.05, 0) is 55.8 Å². The van der Waals surface area contributed by atoms with E-state index in [-0.39, 0.29) is 5.91 Å². The van der Waals surface area contributed by atoms with E-state index in [1.165, 1.54) is 0 Å². The molecule has 0 aliphatic carbocycles. The van der Waals surface area contributed by atoms with E-state index in [9.17, 15) is 4.79 Å². The van der Waals surface area contributed by atoms with Crippen LogP contribution in [0.1, 0.15) is 34.1 Å². The molecule has 0 bridgehead atoms. The number of carbonyl (C=O) groups is 1. The third-order valence-corrected chi connectivity index (χ3v) is 4.62. The molecule has 6 heteroatoms. The number of carbonyl (C=O) groups excluding carboxylic acids is 1. The van der Waals surface area contributed by atoms with Gasteiger partial charge in [0.2, 0.25) is 0 Å². The van der Waals surface area contributed by atoms with E-state index in [4.69, 9.17) is 9.47 Å². The fourth-order valence-electron chi connectivity index (χ4n) is 2.85. The SMILES string of the molecule is CCn1ncc(CNC(=O)c2ccc(COc3ccc(OC)cc3)cc2)c1C. The minimum Gasteiger partial charge on any atom is -0.497 e. The van der Waals surface area contributed by atoms with Gasteiger partial charge in [0.1, 0.15) is 18.1 Å². The molecule has 3 aromatic rings. The molecule has 3 rings (SSSR count). The van der Waals surface area contributed by atoms with Crippen LogP contribution < -0.4 is 14.8 Å². The van der Waals surface area contributed by atoms with Crippen molar-refractivity contribution in [1.82, 2.24) is 15.1 Å². The van der Waals surface area contributed by atoms with Gasteiger partial charge in [0.25, 0.3) is 5.91 Å². The van der Waals surface area contributed by atoms with E-state index in [0.29, 0.717) is 18.7 Å². The van der Waals surface area contributed by atoms with Gasteiger partial charge in [-0.1, -0.05) is 12.1 Å². The predicted octanol–water partition coefficient (Wildman–Crippen LogP) is 3.73. The zero-order valence-corrected chi connectivity index (χ0v) is 16.4. The van der Waals surface area contributed by atoms with Crippen LogP contribution in [0.4, 0.5) is 0 Å². The Morgan fingerprint density at radius 1 is 1.07 bits per heavy atom. The van der Waals surface area contributed by atoms with E-state index in [2.05, 4.69) is 10.4 Å². The number of hydrogen-bond acceptors (Lipinski definition) is 4. The summed E-state index contributed by atoms with van der Waals surface area (Å²) >= 11 is 0. The summed E-state index contributed by atoms with van der Waals surface area (Å²) < 4.78 is 12.8. The number of methoxy groups -OCH3 is 1. The van der Waals surface area contributed by atoms with Crippen LogP contribution in [0, 0.1) is 6.92 Å². The largest absolute Gasteiger partial charge is 0.497 e. The summed E-state index contributed by atoms with van der Waals surface area (Å²) in [5, 5.41) is 7.24. The number of nitrogens with one attached hydrogen (secondary N) is 1. The predicted molar refractivity (Wildman–Crippen MR) is 108 cm³/mol. The van der Waals surface area contributed by atoms with Gasteiger partial charge < -0.3 is 14.8 Å². The van der Waals surface area contributed by atoms with Crippen LogP contribution in [0.25, 0.3) is 0 Å². The lowest BCUT2D eigenvalue weighted by atomic mass is 10.1. The minimum atomic E-state index is -0.105. The Balaban J connectivity index is 1.52. The molecule has 0 aliphatic rings. The average molecular weight is 379 g/mol. The van der Waals surface area contributed by atoms with E-state index < -0.39 is 0 Å². The Morgan fingerprint density at radius 3 is 2.36 bits per heavy atom. The van der Waals surface area contributed by atoms with Crippen molar-refractivity contribution >= 4 is 5.91 Å². The van der Waals surface area contributed by atoms with Crippen LogP contribution in [-0.2, 0) is 19.7 Å². The number of amides is 1. The molecule has 1 heterocycles. The maximum atomic E-state index is 12.4. The lowest BCUT2D eigenvalue weighted by Gasteiger charge is -2.09. The van der Waals surface area contributed by atoms with Crippen LogP contribution in [0.3, 0.4) is 0 Å². The van der Waals surface area contributed by atoms with Crippen molar-refractivity contribution < 1.29 is 14.3 Å². The fraction of sp³-hybridized carbons (Fsp3) is 0.273. The quantitative estimate of drug-likeness (QED) is 0.648. The molecule has 0 atom stereocenters. The monoisotopic (exact) mass is 379 g/mol. The van der Waals surface area contributed by atoms with Crippen LogP contribution in [0.5, 0.6) is 11.5 Å². The number of nitrogens with zero attached hydrogens (tertiary/aromatic N) is 2. The summed E-state index contributed by atoms with van der Waals surface area (Å²) in [6.45, 7) is 5.77. The minimum absolute atomic E-state index is 0.105. The maximum absolute atomic E-state index is 12.4. The Labute approximate surface area is 165 Å². The van der Waals surface area contributed by atoms with Gasteiger partial charge in [-0.15, -0.1) is 0 Å². The summed E-state index contributed by atoms with van der Waals surface area (Å²) in [5.74, 6) is 1.46. The fourth-order valence-corrected chi connectivity index (χ4v) is 2.85. The second kappa shape index (κ2) is 9.08. The van der Waals surface area contributed by atoms with Crippen molar-refractivity contribution in [1.29, 1.82) is 0 Å². The molecule has 2 aromatic carbocycles. The summed E-state index contributed by atoms with van der Waals surface area (Å²) in [6, 6.07) is 14.9. The number of benzene rings is 2. The van der Waals surface area contributed by atoms with Crippen LogP contribution in [0.15, 0.2) is 54.7 Å². The molecule has 146 valence electrons. The molecule has 1 amide bonds. The molecule has 1 N–H and O–H groups in total. The van der Waals surface area contributed by atoms with Crippen molar-refractivity contribution in [3.05, 3.63) is 77.1 Å². The molecule has 0 aliphatic heterocycles. The molecule has 0 fully saturated rings. The Kier molecular flexibility index (Phi) is 6.32. The van der Waals surface area contributed by atoms with Crippen molar-refractivity contribution in [2.24, 2.45) is 0 Å². The summed E-state index contributed by atoms with van der Waals surface area (Å²) in [4.78, 5) is 12.4. The number of aryl methyl sites for hydroxylation is 1. The third kappa shape index (κ3) is 4.71. The van der Waals surface area contributed by atoms with E-state index in [1.54, 1.807) is 13.3 Å². The lowest BCUT2D eigenvalue weighted by Crippen LogP contribution is -2.23. The molecule has 6 nitrogen and oxygen atoms in total. The zero-order valence-electron chi connectivity index (χ0n) is 16.4. The van der Waals surface area contributed by atoms with Gasteiger partial charge in [0.05, 0.1) is 13.3 Å². The van der Waals surface area contributed by atoms with E-state index >= 15 is 0 Å². The maximum Gasteiger partial charge on any atom is 0.251 e. The summed E-state index contributed by atoms with van der Waals surface area (Å²) in [5.41, 5.74) is 3.72. The second-order valence-electron chi connectivity index (χ2n) is 6.41. The molecule has 0 radical (unpaired) electrons. The molecule has 28 heavy (non-hydrogen) atoms. The second-order valence-corrected chi connectivity index (χ2v) is 6.41. The Morgan fingerprint density at radius 2 is 1.75 bits per heavy atom. The van der Waals surface area contributed by atoms with Gasteiger partial charge in [-0.3, -0.25) is 9.48 Å². The molecular formula is C22H25N3O3. The highest BCUT2D eigenvalue weighted by Crippen LogP contribution is 2.18. The van der Waals surface area contributed by atoms with Crippen LogP contribution in [0.2, 0.25) is 0 Å². The lowest BCUT2D eigenvalue weighted by molar-refractivity contribution is 0.0951. The molecule has 0 unspecified atom stereocenters. The average Bonchev–Trinajstić information content (AvgIpc) is 3.10. The first-order valence-electron chi connectivity index (χ1n) is 9.26. The first-order chi connectivity index (χ1) is 13.6. The number of ether oxygens (including phenoxy) is 2. The highest BCUT2D eigenvalue weighted by molar-refractivity contribution is 5.94. The summed E-state index contributed by atoms with van der Waals surface area (Å²) in [7, 11) is 1.63. The Hall–Kier alpha value is -3.28. The molecular weight excluding hydrogens is 354 g/mol. The van der Waals surface area contributed by atoms with Crippen molar-refractivity contribution in [2.75, 3.05) is 7.11 Å². The molecule has 0 saturated carbocycles. The van der Waals surface area contributed by atoms with Gasteiger partial charge in [-0.25, -0.2) is 0 Å². The Bertz CT molecular complexity index is 915. The molecule has 0 spiro atoms. The third-order valence-electron chi connectivity index (χ3n) is 4.62. The van der Waals surface area contributed by atoms with Gasteiger partial charge in [-0.2, -0.15) is 5.10 Å². The van der Waals surface area contributed by atoms with E-state index in [0.717, 1.165) is 34.9 Å². The first-order valence-corrected chi connectivity index (χ1v) is 9.26. The number of hydrogen-bond donors (Lipinski definition) is 1. The van der Waals surface area contributed by atoms with Crippen molar-refractivity contribution in [3.63, 3.8) is 0 Å². The highest BCUT2D eigenvalue weighted by atomic mass is 16.5.